The molecule has 7 heteroatoms. The Kier molecular flexibility index (Phi) is 5.34. The third kappa shape index (κ3) is 4.35. The van der Waals surface area contributed by atoms with Crippen LogP contribution in [0.2, 0.25) is 0 Å². The SMILES string of the molecule is CC1CN(C(=O)Cn2nc(-c3ccc(Br)cc3)ccc2=O)CC(C)O1. The van der Waals surface area contributed by atoms with E-state index < -0.39 is 0 Å². The Morgan fingerprint density at radius 2 is 1.80 bits per heavy atom. The number of amides is 1. The third-order valence-corrected chi connectivity index (χ3v) is 4.59. The van der Waals surface area contributed by atoms with Crippen molar-refractivity contribution in [3.63, 3.8) is 0 Å². The van der Waals surface area contributed by atoms with Crippen molar-refractivity contribution in [1.82, 2.24) is 14.7 Å². The summed E-state index contributed by atoms with van der Waals surface area (Å²) in [5.74, 6) is -0.121. The van der Waals surface area contributed by atoms with Crippen LogP contribution in [-0.4, -0.2) is 45.9 Å². The summed E-state index contributed by atoms with van der Waals surface area (Å²) in [6.45, 7) is 4.88. The van der Waals surface area contributed by atoms with E-state index in [1.807, 2.05) is 38.1 Å². The highest BCUT2D eigenvalue weighted by molar-refractivity contribution is 9.10. The zero-order valence-corrected chi connectivity index (χ0v) is 15.8. The molecule has 0 radical (unpaired) electrons. The fourth-order valence-electron chi connectivity index (χ4n) is 2.95. The van der Waals surface area contributed by atoms with E-state index in [9.17, 15) is 9.59 Å². The largest absolute Gasteiger partial charge is 0.372 e. The minimum Gasteiger partial charge on any atom is -0.372 e. The summed E-state index contributed by atoms with van der Waals surface area (Å²) < 4.78 is 7.84. The second-order valence-electron chi connectivity index (χ2n) is 6.28. The van der Waals surface area contributed by atoms with Crippen molar-refractivity contribution in [1.29, 1.82) is 0 Å². The lowest BCUT2D eigenvalue weighted by atomic mass is 10.1. The Morgan fingerprint density at radius 3 is 2.44 bits per heavy atom. The Morgan fingerprint density at radius 1 is 1.16 bits per heavy atom. The number of hydrogen-bond donors (Lipinski definition) is 0. The van der Waals surface area contributed by atoms with Crippen LogP contribution in [0.1, 0.15) is 13.8 Å². The molecule has 1 amide bonds. The van der Waals surface area contributed by atoms with E-state index in [1.165, 1.54) is 10.7 Å². The molecule has 1 fully saturated rings. The van der Waals surface area contributed by atoms with Gasteiger partial charge >= 0.3 is 0 Å². The number of halogens is 1. The molecule has 1 aromatic heterocycles. The maximum atomic E-state index is 12.6. The molecule has 1 aliphatic rings. The van der Waals surface area contributed by atoms with Crippen LogP contribution in [0, 0.1) is 0 Å². The van der Waals surface area contributed by atoms with Gasteiger partial charge in [0.15, 0.2) is 0 Å². The quantitative estimate of drug-likeness (QED) is 0.785. The van der Waals surface area contributed by atoms with Crippen molar-refractivity contribution in [3.8, 4) is 11.3 Å². The molecule has 25 heavy (non-hydrogen) atoms. The van der Waals surface area contributed by atoms with Crippen molar-refractivity contribution in [2.24, 2.45) is 0 Å². The van der Waals surface area contributed by atoms with Crippen molar-refractivity contribution in [2.45, 2.75) is 32.6 Å². The van der Waals surface area contributed by atoms with Gasteiger partial charge in [-0.1, -0.05) is 28.1 Å². The summed E-state index contributed by atoms with van der Waals surface area (Å²) in [5, 5.41) is 4.36. The van der Waals surface area contributed by atoms with Crippen LogP contribution in [0.5, 0.6) is 0 Å². The first-order valence-electron chi connectivity index (χ1n) is 8.19. The highest BCUT2D eigenvalue weighted by Crippen LogP contribution is 2.19. The number of aromatic nitrogens is 2. The van der Waals surface area contributed by atoms with E-state index in [4.69, 9.17) is 4.74 Å². The van der Waals surface area contributed by atoms with Crippen molar-refractivity contribution in [2.75, 3.05) is 13.1 Å². The molecule has 2 unspecified atom stereocenters. The lowest BCUT2D eigenvalue weighted by molar-refractivity contribution is -0.144. The van der Waals surface area contributed by atoms with E-state index in [0.29, 0.717) is 18.8 Å². The Labute approximate surface area is 154 Å². The van der Waals surface area contributed by atoms with E-state index in [0.717, 1.165) is 10.0 Å². The lowest BCUT2D eigenvalue weighted by Crippen LogP contribution is -2.49. The summed E-state index contributed by atoms with van der Waals surface area (Å²) in [6, 6.07) is 10.8. The Balaban J connectivity index is 1.80. The summed E-state index contributed by atoms with van der Waals surface area (Å²) in [6.07, 6.45) is -0.0158. The monoisotopic (exact) mass is 405 g/mol. The Hall–Kier alpha value is -1.99. The molecule has 1 aliphatic heterocycles. The van der Waals surface area contributed by atoms with Crippen molar-refractivity contribution >= 4 is 21.8 Å². The van der Waals surface area contributed by atoms with Gasteiger partial charge in [-0.05, 0) is 32.0 Å². The first-order valence-corrected chi connectivity index (χ1v) is 8.99. The second-order valence-corrected chi connectivity index (χ2v) is 7.19. The van der Waals surface area contributed by atoms with E-state index in [1.54, 1.807) is 11.0 Å². The molecule has 6 nitrogen and oxygen atoms in total. The second kappa shape index (κ2) is 7.49. The van der Waals surface area contributed by atoms with E-state index >= 15 is 0 Å². The smallest absolute Gasteiger partial charge is 0.267 e. The highest BCUT2D eigenvalue weighted by Gasteiger charge is 2.26. The molecule has 0 bridgehead atoms. The van der Waals surface area contributed by atoms with Gasteiger partial charge in [-0.25, -0.2) is 4.68 Å². The average Bonchev–Trinajstić information content (AvgIpc) is 2.56. The van der Waals surface area contributed by atoms with Gasteiger partial charge in [0.2, 0.25) is 5.91 Å². The zero-order valence-electron chi connectivity index (χ0n) is 14.2. The standard InChI is InChI=1S/C18H20BrN3O3/c1-12-9-21(10-13(2)25-12)18(24)11-22-17(23)8-7-16(20-22)14-3-5-15(19)6-4-14/h3-8,12-13H,9-11H2,1-2H3. The van der Waals surface area contributed by atoms with Gasteiger partial charge in [0.05, 0.1) is 17.9 Å². The van der Waals surface area contributed by atoms with Gasteiger partial charge in [-0.2, -0.15) is 5.10 Å². The fourth-order valence-corrected chi connectivity index (χ4v) is 3.21. The molecule has 0 saturated carbocycles. The number of ether oxygens (including phenoxy) is 1. The molecule has 2 heterocycles. The normalized spacial score (nSPS) is 20.5. The maximum Gasteiger partial charge on any atom is 0.267 e. The first kappa shape index (κ1) is 17.8. The molecule has 0 spiro atoms. The van der Waals surface area contributed by atoms with Crippen LogP contribution in [0.15, 0.2) is 45.7 Å². The number of carbonyl (C=O) groups is 1. The van der Waals surface area contributed by atoms with Crippen molar-refractivity contribution < 1.29 is 9.53 Å². The molecule has 0 N–H and O–H groups in total. The Bertz CT molecular complexity index is 809. The maximum absolute atomic E-state index is 12.6. The summed E-state index contributed by atoms with van der Waals surface area (Å²) >= 11 is 3.39. The number of nitrogens with zero attached hydrogens (tertiary/aromatic N) is 3. The third-order valence-electron chi connectivity index (χ3n) is 4.06. The predicted molar refractivity (Wildman–Crippen MR) is 98.2 cm³/mol. The molecule has 1 saturated heterocycles. The molecule has 0 aliphatic carbocycles. The van der Waals surface area contributed by atoms with E-state index in [-0.39, 0.29) is 30.2 Å². The molecule has 3 rings (SSSR count). The van der Waals surface area contributed by atoms with Crippen LogP contribution in [0.25, 0.3) is 11.3 Å². The summed E-state index contributed by atoms with van der Waals surface area (Å²) in [4.78, 5) is 26.4. The van der Waals surface area contributed by atoms with E-state index in [2.05, 4.69) is 21.0 Å². The lowest BCUT2D eigenvalue weighted by Gasteiger charge is -2.35. The highest BCUT2D eigenvalue weighted by atomic mass is 79.9. The molecule has 2 atom stereocenters. The summed E-state index contributed by atoms with van der Waals surface area (Å²) in [7, 11) is 0. The molecular weight excluding hydrogens is 386 g/mol. The summed E-state index contributed by atoms with van der Waals surface area (Å²) in [5.41, 5.74) is 1.25. The number of rotatable bonds is 3. The predicted octanol–water partition coefficient (Wildman–Crippen LogP) is 2.31. The first-order chi connectivity index (χ1) is 11.9. The van der Waals surface area contributed by atoms with Gasteiger partial charge in [-0.3, -0.25) is 9.59 Å². The van der Waals surface area contributed by atoms with Gasteiger partial charge in [0.1, 0.15) is 6.54 Å². The number of benzene rings is 1. The number of morpholine rings is 1. The molecule has 2 aromatic rings. The fraction of sp³-hybridized carbons (Fsp3) is 0.389. The molecular formula is C18H20BrN3O3. The van der Waals surface area contributed by atoms with Crippen LogP contribution in [-0.2, 0) is 16.1 Å². The van der Waals surface area contributed by atoms with Gasteiger partial charge in [0, 0.05) is 29.2 Å². The van der Waals surface area contributed by atoms with Crippen LogP contribution < -0.4 is 5.56 Å². The average molecular weight is 406 g/mol. The number of hydrogen-bond acceptors (Lipinski definition) is 4. The minimum absolute atomic E-state index is 0.00789. The van der Waals surface area contributed by atoms with Crippen LogP contribution >= 0.6 is 15.9 Å². The van der Waals surface area contributed by atoms with Gasteiger partial charge < -0.3 is 9.64 Å². The molecule has 1 aromatic carbocycles. The zero-order chi connectivity index (χ0) is 18.0. The van der Waals surface area contributed by atoms with Crippen LogP contribution in [0.3, 0.4) is 0 Å². The molecule has 132 valence electrons. The van der Waals surface area contributed by atoms with Crippen molar-refractivity contribution in [3.05, 3.63) is 51.2 Å². The minimum atomic E-state index is -0.288. The van der Waals surface area contributed by atoms with Gasteiger partial charge in [0.25, 0.3) is 5.56 Å². The van der Waals surface area contributed by atoms with Crippen LogP contribution in [0.4, 0.5) is 0 Å². The topological polar surface area (TPSA) is 64.4 Å². The number of carbonyl (C=O) groups excluding carboxylic acids is 1. The van der Waals surface area contributed by atoms with Gasteiger partial charge in [-0.15, -0.1) is 0 Å².